The van der Waals surface area contributed by atoms with Crippen LogP contribution in [0.25, 0.3) is 0 Å². The van der Waals surface area contributed by atoms with Crippen molar-refractivity contribution in [2.45, 2.75) is 46.0 Å². The van der Waals surface area contributed by atoms with Gasteiger partial charge >= 0.3 is 0 Å². The van der Waals surface area contributed by atoms with Crippen LogP contribution in [0.15, 0.2) is 91.0 Å². The van der Waals surface area contributed by atoms with Crippen molar-refractivity contribution in [2.24, 2.45) is 5.92 Å². The summed E-state index contributed by atoms with van der Waals surface area (Å²) in [5.41, 5.74) is 0. The van der Waals surface area contributed by atoms with Gasteiger partial charge in [-0.1, -0.05) is 87.7 Å². The first kappa shape index (κ1) is 22.4. The van der Waals surface area contributed by atoms with Crippen LogP contribution >= 0.6 is 7.26 Å². The van der Waals surface area contributed by atoms with E-state index in [1.807, 2.05) is 0 Å². The number of hydrogen-bond donors (Lipinski definition) is 0. The lowest BCUT2D eigenvalue weighted by Gasteiger charge is -2.28. The van der Waals surface area contributed by atoms with Gasteiger partial charge in [-0.25, -0.2) is 0 Å². The number of rotatable bonds is 11. The second kappa shape index (κ2) is 11.2. The van der Waals surface area contributed by atoms with Gasteiger partial charge in [0.1, 0.15) is 29.3 Å². The molecule has 0 aliphatic heterocycles. The largest absolute Gasteiger partial charge is 0.295 e. The number of Topliss-reactive ketones (excluding diaryl/α,β-unsaturated/α-hetero) is 1. The first-order chi connectivity index (χ1) is 14.7. The van der Waals surface area contributed by atoms with E-state index in [0.29, 0.717) is 11.9 Å². The monoisotopic (exact) mass is 417 g/mol. The quantitative estimate of drug-likeness (QED) is 0.342. The summed E-state index contributed by atoms with van der Waals surface area (Å²) in [6.07, 6.45) is 5.96. The van der Waals surface area contributed by atoms with Gasteiger partial charge in [0.2, 0.25) is 0 Å². The Hall–Kier alpha value is -2.24. The molecule has 0 saturated heterocycles. The van der Waals surface area contributed by atoms with E-state index in [1.54, 1.807) is 0 Å². The van der Waals surface area contributed by atoms with Crippen molar-refractivity contribution in [3.05, 3.63) is 91.0 Å². The molecule has 1 atom stereocenters. The van der Waals surface area contributed by atoms with Gasteiger partial charge in [-0.05, 0) is 49.2 Å². The van der Waals surface area contributed by atoms with Gasteiger partial charge in [-0.15, -0.1) is 0 Å². The van der Waals surface area contributed by atoms with Crippen LogP contribution in [-0.2, 0) is 4.79 Å². The molecule has 0 saturated carbocycles. The van der Waals surface area contributed by atoms with E-state index in [9.17, 15) is 4.79 Å². The Balaban J connectivity index is 2.15. The average Bonchev–Trinajstić information content (AvgIpc) is 2.82. The zero-order valence-electron chi connectivity index (χ0n) is 18.3. The van der Waals surface area contributed by atoms with Gasteiger partial charge in [0.15, 0.2) is 5.78 Å². The molecular formula is C28H34OP+. The minimum atomic E-state index is -2.07. The molecule has 0 N–H and O–H groups in total. The van der Waals surface area contributed by atoms with E-state index in [0.717, 1.165) is 32.1 Å². The van der Waals surface area contributed by atoms with Crippen molar-refractivity contribution in [1.82, 2.24) is 0 Å². The second-order valence-corrected chi connectivity index (χ2v) is 11.6. The molecule has 1 nitrogen and oxygen atoms in total. The van der Waals surface area contributed by atoms with E-state index < -0.39 is 7.26 Å². The zero-order chi connectivity index (χ0) is 21.2. The molecule has 0 bridgehead atoms. The van der Waals surface area contributed by atoms with Crippen LogP contribution in [0, 0.1) is 5.92 Å². The standard InChI is InChI=1S/C28H34OP/c1-3-5-16-24(15-4-2)28(29)23-30(25-17-9-6-10-18-25,26-19-11-7-12-20-26)27-21-13-8-14-22-27/h6-14,17-22,24H,3-5,15-16,23H2,1-2H3/q+1. The zero-order valence-corrected chi connectivity index (χ0v) is 19.2. The summed E-state index contributed by atoms with van der Waals surface area (Å²) >= 11 is 0. The number of ketones is 1. The fraction of sp³-hybridized carbons (Fsp3) is 0.321. The van der Waals surface area contributed by atoms with Crippen molar-refractivity contribution in [2.75, 3.05) is 6.16 Å². The predicted octanol–water partition coefficient (Wildman–Crippen LogP) is 6.16. The lowest BCUT2D eigenvalue weighted by atomic mass is 9.94. The van der Waals surface area contributed by atoms with E-state index in [2.05, 4.69) is 105 Å². The summed E-state index contributed by atoms with van der Waals surface area (Å²) in [5.74, 6) is 0.612. The number of benzene rings is 3. The number of hydrogen-bond acceptors (Lipinski definition) is 1. The molecule has 156 valence electrons. The first-order valence-electron chi connectivity index (χ1n) is 11.3. The Kier molecular flexibility index (Phi) is 8.40. The van der Waals surface area contributed by atoms with Crippen LogP contribution in [0.4, 0.5) is 0 Å². The molecule has 3 aromatic rings. The SMILES string of the molecule is CCCCC(CCC)C(=O)C[P+](c1ccccc1)(c1ccccc1)c1ccccc1. The van der Waals surface area contributed by atoms with E-state index in [4.69, 9.17) is 0 Å². The van der Waals surface area contributed by atoms with Crippen molar-refractivity contribution in [1.29, 1.82) is 0 Å². The molecule has 0 heterocycles. The fourth-order valence-electron chi connectivity index (χ4n) is 4.40. The molecule has 0 aromatic heterocycles. The Morgan fingerprint density at radius 2 is 1.10 bits per heavy atom. The van der Waals surface area contributed by atoms with Gasteiger partial charge in [0.05, 0.1) is 0 Å². The summed E-state index contributed by atoms with van der Waals surface area (Å²) in [5, 5.41) is 3.88. The second-order valence-electron chi connectivity index (χ2n) is 8.07. The van der Waals surface area contributed by atoms with E-state index in [-0.39, 0.29) is 5.92 Å². The molecule has 30 heavy (non-hydrogen) atoms. The summed E-state index contributed by atoms with van der Waals surface area (Å²) < 4.78 is 0. The average molecular weight is 418 g/mol. The van der Waals surface area contributed by atoms with Crippen LogP contribution in [0.2, 0.25) is 0 Å². The maximum Gasteiger partial charge on any atom is 0.174 e. The maximum atomic E-state index is 13.8. The molecule has 0 fully saturated rings. The van der Waals surface area contributed by atoms with Crippen LogP contribution in [0.1, 0.15) is 46.0 Å². The van der Waals surface area contributed by atoms with Crippen molar-refractivity contribution in [3.63, 3.8) is 0 Å². The highest BCUT2D eigenvalue weighted by Gasteiger charge is 2.47. The van der Waals surface area contributed by atoms with Gasteiger partial charge in [-0.2, -0.15) is 0 Å². The highest BCUT2D eigenvalue weighted by atomic mass is 31.2. The molecule has 0 aliphatic rings. The fourth-order valence-corrected chi connectivity index (χ4v) is 8.61. The molecule has 0 spiro atoms. The lowest BCUT2D eigenvalue weighted by molar-refractivity contribution is -0.120. The minimum Gasteiger partial charge on any atom is -0.295 e. The predicted molar refractivity (Wildman–Crippen MR) is 133 cm³/mol. The molecule has 0 radical (unpaired) electrons. The Morgan fingerprint density at radius 3 is 1.47 bits per heavy atom. The highest BCUT2D eigenvalue weighted by molar-refractivity contribution is 7.96. The summed E-state index contributed by atoms with van der Waals surface area (Å²) in [6, 6.07) is 32.2. The third-order valence-electron chi connectivity index (χ3n) is 5.98. The third kappa shape index (κ3) is 5.08. The molecule has 0 aliphatic carbocycles. The van der Waals surface area contributed by atoms with Crippen LogP contribution in [0.5, 0.6) is 0 Å². The Morgan fingerprint density at radius 1 is 0.667 bits per heavy atom. The minimum absolute atomic E-state index is 0.172. The van der Waals surface area contributed by atoms with Gasteiger partial charge in [-0.3, -0.25) is 4.79 Å². The van der Waals surface area contributed by atoms with Gasteiger partial charge in [0, 0.05) is 5.92 Å². The van der Waals surface area contributed by atoms with Crippen LogP contribution in [0.3, 0.4) is 0 Å². The third-order valence-corrected chi connectivity index (χ3v) is 10.3. The van der Waals surface area contributed by atoms with Crippen molar-refractivity contribution < 1.29 is 4.79 Å². The molecule has 1 unspecified atom stereocenters. The molecule has 3 rings (SSSR count). The maximum absolute atomic E-state index is 13.8. The Bertz CT molecular complexity index is 793. The highest BCUT2D eigenvalue weighted by Crippen LogP contribution is 2.55. The number of unbranched alkanes of at least 4 members (excludes halogenated alkanes) is 1. The number of carbonyl (C=O) groups is 1. The molecule has 3 aromatic carbocycles. The topological polar surface area (TPSA) is 17.1 Å². The number of carbonyl (C=O) groups excluding carboxylic acids is 1. The summed E-state index contributed by atoms with van der Waals surface area (Å²) in [6.45, 7) is 4.41. The van der Waals surface area contributed by atoms with Gasteiger partial charge in [0.25, 0.3) is 0 Å². The van der Waals surface area contributed by atoms with E-state index in [1.165, 1.54) is 15.9 Å². The van der Waals surface area contributed by atoms with Crippen LogP contribution in [-0.4, -0.2) is 11.9 Å². The summed E-state index contributed by atoms with van der Waals surface area (Å²) in [4.78, 5) is 13.8. The normalized spacial score (nSPS) is 12.5. The lowest BCUT2D eigenvalue weighted by Crippen LogP contribution is -2.37. The summed E-state index contributed by atoms with van der Waals surface area (Å²) in [7, 11) is -2.07. The van der Waals surface area contributed by atoms with Crippen LogP contribution < -0.4 is 15.9 Å². The van der Waals surface area contributed by atoms with Gasteiger partial charge < -0.3 is 0 Å². The first-order valence-corrected chi connectivity index (χ1v) is 13.3. The molecule has 0 amide bonds. The van der Waals surface area contributed by atoms with E-state index >= 15 is 0 Å². The van der Waals surface area contributed by atoms with Crippen molar-refractivity contribution in [3.8, 4) is 0 Å². The smallest absolute Gasteiger partial charge is 0.174 e. The molecule has 2 heteroatoms. The van der Waals surface area contributed by atoms with Crippen molar-refractivity contribution >= 4 is 29.0 Å². The Labute approximate surface area is 182 Å². The molecular weight excluding hydrogens is 383 g/mol.